The molecule has 3 aromatic heterocycles. The van der Waals surface area contributed by atoms with Crippen molar-refractivity contribution in [3.05, 3.63) is 56.7 Å². The van der Waals surface area contributed by atoms with E-state index in [1.807, 2.05) is 13.8 Å². The van der Waals surface area contributed by atoms with Gasteiger partial charge >= 0.3 is 5.97 Å². The Morgan fingerprint density at radius 3 is 2.50 bits per heavy atom. The molecule has 2 N–H and O–H groups in total. The van der Waals surface area contributed by atoms with E-state index in [2.05, 4.69) is 10.6 Å². The summed E-state index contributed by atoms with van der Waals surface area (Å²) in [5.41, 5.74) is 2.01. The third-order valence-electron chi connectivity index (χ3n) is 4.37. The summed E-state index contributed by atoms with van der Waals surface area (Å²) in [6, 6.07) is 4.91. The number of furan rings is 1. The van der Waals surface area contributed by atoms with Crippen LogP contribution in [-0.2, 0) is 11.2 Å². The number of rotatable bonds is 7. The average Bonchev–Trinajstić information content (AvgIpc) is 3.41. The molecular formula is C21H22N2O5S2. The van der Waals surface area contributed by atoms with E-state index in [9.17, 15) is 14.4 Å². The van der Waals surface area contributed by atoms with Crippen molar-refractivity contribution in [2.24, 2.45) is 0 Å². The highest BCUT2D eigenvalue weighted by atomic mass is 32.1. The number of aryl methyl sites for hydroxylation is 2. The Morgan fingerprint density at radius 1 is 1.10 bits per heavy atom. The van der Waals surface area contributed by atoms with Crippen LogP contribution >= 0.6 is 22.7 Å². The molecule has 0 saturated carbocycles. The molecule has 3 rings (SSSR count). The Kier molecular flexibility index (Phi) is 6.73. The lowest BCUT2D eigenvalue weighted by atomic mass is 10.1. The van der Waals surface area contributed by atoms with Gasteiger partial charge in [0.05, 0.1) is 28.3 Å². The van der Waals surface area contributed by atoms with Crippen molar-refractivity contribution in [1.82, 2.24) is 0 Å². The second kappa shape index (κ2) is 9.27. The highest BCUT2D eigenvalue weighted by Crippen LogP contribution is 2.35. The van der Waals surface area contributed by atoms with Gasteiger partial charge in [-0.25, -0.2) is 4.79 Å². The molecule has 0 unspecified atom stereocenters. The van der Waals surface area contributed by atoms with Gasteiger partial charge in [-0.05, 0) is 56.5 Å². The summed E-state index contributed by atoms with van der Waals surface area (Å²) in [6.45, 7) is 7.67. The SMILES string of the molecule is CCOC(=O)c1c(NC(=O)c2sc(NC(=O)c3ccco3)cc2C)sc(C)c1CC. The van der Waals surface area contributed by atoms with Gasteiger partial charge in [0.1, 0.15) is 5.00 Å². The van der Waals surface area contributed by atoms with E-state index in [4.69, 9.17) is 9.15 Å². The van der Waals surface area contributed by atoms with Crippen LogP contribution in [0.5, 0.6) is 0 Å². The molecule has 2 amide bonds. The van der Waals surface area contributed by atoms with E-state index in [-0.39, 0.29) is 24.2 Å². The van der Waals surface area contributed by atoms with Gasteiger partial charge < -0.3 is 19.8 Å². The predicted octanol–water partition coefficient (Wildman–Crippen LogP) is 5.26. The summed E-state index contributed by atoms with van der Waals surface area (Å²) in [5, 5.41) is 6.58. The molecule has 7 nitrogen and oxygen atoms in total. The average molecular weight is 447 g/mol. The molecule has 9 heteroatoms. The molecule has 0 bridgehead atoms. The van der Waals surface area contributed by atoms with Crippen LogP contribution in [0.4, 0.5) is 10.0 Å². The smallest absolute Gasteiger partial charge is 0.341 e. The van der Waals surface area contributed by atoms with E-state index in [0.717, 1.165) is 21.8 Å². The van der Waals surface area contributed by atoms with Crippen molar-refractivity contribution in [3.8, 4) is 0 Å². The largest absolute Gasteiger partial charge is 0.462 e. The summed E-state index contributed by atoms with van der Waals surface area (Å²) in [5.74, 6) is -0.986. The van der Waals surface area contributed by atoms with E-state index >= 15 is 0 Å². The molecule has 0 radical (unpaired) electrons. The minimum absolute atomic E-state index is 0.187. The molecule has 0 saturated heterocycles. The molecule has 0 aliphatic carbocycles. The summed E-state index contributed by atoms with van der Waals surface area (Å²) in [7, 11) is 0. The molecule has 0 atom stereocenters. The fourth-order valence-electron chi connectivity index (χ4n) is 3.02. The fraction of sp³-hybridized carbons (Fsp3) is 0.286. The van der Waals surface area contributed by atoms with E-state index in [1.165, 1.54) is 17.6 Å². The molecule has 3 aromatic rings. The third kappa shape index (κ3) is 4.47. The first kappa shape index (κ1) is 21.8. The number of anilines is 2. The highest BCUT2D eigenvalue weighted by Gasteiger charge is 2.25. The van der Waals surface area contributed by atoms with Crippen LogP contribution in [0.25, 0.3) is 0 Å². The van der Waals surface area contributed by atoms with E-state index in [1.54, 1.807) is 32.0 Å². The molecule has 0 spiro atoms. The number of esters is 1. The Bertz CT molecular complexity index is 1080. The van der Waals surface area contributed by atoms with Gasteiger partial charge in [-0.1, -0.05) is 6.92 Å². The number of carbonyl (C=O) groups is 3. The number of carbonyl (C=O) groups excluding carboxylic acids is 3. The second-order valence-corrected chi connectivity index (χ2v) is 8.70. The van der Waals surface area contributed by atoms with Gasteiger partial charge in [-0.2, -0.15) is 0 Å². The van der Waals surface area contributed by atoms with Crippen LogP contribution in [0.2, 0.25) is 0 Å². The second-order valence-electron chi connectivity index (χ2n) is 6.42. The zero-order valence-electron chi connectivity index (χ0n) is 17.1. The van der Waals surface area contributed by atoms with Crippen LogP contribution in [0.1, 0.15) is 60.4 Å². The molecule has 158 valence electrons. The number of ether oxygens (including phenoxy) is 1. The summed E-state index contributed by atoms with van der Waals surface area (Å²) in [6.07, 6.45) is 2.08. The Hall–Kier alpha value is -2.91. The molecule has 30 heavy (non-hydrogen) atoms. The summed E-state index contributed by atoms with van der Waals surface area (Å²) < 4.78 is 10.3. The zero-order valence-corrected chi connectivity index (χ0v) is 18.7. The number of hydrogen-bond donors (Lipinski definition) is 2. The van der Waals surface area contributed by atoms with Gasteiger partial charge in [0.2, 0.25) is 0 Å². The van der Waals surface area contributed by atoms with E-state index in [0.29, 0.717) is 32.4 Å². The minimum Gasteiger partial charge on any atom is -0.462 e. The Balaban J connectivity index is 1.82. The zero-order chi connectivity index (χ0) is 21.8. The van der Waals surface area contributed by atoms with Crippen molar-refractivity contribution in [1.29, 1.82) is 0 Å². The van der Waals surface area contributed by atoms with Gasteiger partial charge in [0.25, 0.3) is 11.8 Å². The first-order valence-electron chi connectivity index (χ1n) is 9.41. The van der Waals surface area contributed by atoms with Crippen LogP contribution in [0.3, 0.4) is 0 Å². The maximum atomic E-state index is 12.9. The molecule has 0 aliphatic heterocycles. The molecule has 0 aliphatic rings. The lowest BCUT2D eigenvalue weighted by molar-refractivity contribution is 0.0526. The van der Waals surface area contributed by atoms with E-state index < -0.39 is 5.97 Å². The van der Waals surface area contributed by atoms with Crippen LogP contribution in [0.15, 0.2) is 28.9 Å². The normalized spacial score (nSPS) is 10.7. The van der Waals surface area contributed by atoms with Crippen molar-refractivity contribution in [2.45, 2.75) is 34.1 Å². The number of thiophene rings is 2. The van der Waals surface area contributed by atoms with Crippen molar-refractivity contribution in [2.75, 3.05) is 17.2 Å². The minimum atomic E-state index is -0.441. The van der Waals surface area contributed by atoms with Crippen LogP contribution in [-0.4, -0.2) is 24.4 Å². The summed E-state index contributed by atoms with van der Waals surface area (Å²) >= 11 is 2.51. The maximum Gasteiger partial charge on any atom is 0.341 e. The molecule has 0 aromatic carbocycles. The van der Waals surface area contributed by atoms with Crippen LogP contribution < -0.4 is 10.6 Å². The van der Waals surface area contributed by atoms with Crippen molar-refractivity contribution < 1.29 is 23.5 Å². The van der Waals surface area contributed by atoms with Crippen molar-refractivity contribution >= 4 is 50.5 Å². The van der Waals surface area contributed by atoms with Gasteiger partial charge in [-0.15, -0.1) is 22.7 Å². The summed E-state index contributed by atoms with van der Waals surface area (Å²) in [4.78, 5) is 39.0. The number of nitrogens with one attached hydrogen (secondary N) is 2. The predicted molar refractivity (Wildman–Crippen MR) is 118 cm³/mol. The van der Waals surface area contributed by atoms with Gasteiger partial charge in [0, 0.05) is 4.88 Å². The first-order valence-corrected chi connectivity index (χ1v) is 11.0. The molecule has 0 fully saturated rings. The van der Waals surface area contributed by atoms with Gasteiger partial charge in [-0.3, -0.25) is 9.59 Å². The Morgan fingerprint density at radius 2 is 1.87 bits per heavy atom. The monoisotopic (exact) mass is 446 g/mol. The molecular weight excluding hydrogens is 424 g/mol. The van der Waals surface area contributed by atoms with Crippen molar-refractivity contribution in [3.63, 3.8) is 0 Å². The standard InChI is InChI=1S/C21H22N2O5S2/c1-5-13-12(4)29-20(16(13)21(26)27-6-2)23-19(25)17-11(3)10-15(30-17)22-18(24)14-8-7-9-28-14/h7-10H,5-6H2,1-4H3,(H,22,24)(H,23,25). The molecule has 3 heterocycles. The highest BCUT2D eigenvalue weighted by molar-refractivity contribution is 7.19. The number of amides is 2. The Labute approximate surface area is 182 Å². The third-order valence-corrected chi connectivity index (χ3v) is 6.59. The van der Waals surface area contributed by atoms with Crippen LogP contribution in [0, 0.1) is 13.8 Å². The maximum absolute atomic E-state index is 12.9. The van der Waals surface area contributed by atoms with Gasteiger partial charge in [0.15, 0.2) is 5.76 Å². The first-order chi connectivity index (χ1) is 14.3. The number of hydrogen-bond acceptors (Lipinski definition) is 7. The fourth-order valence-corrected chi connectivity index (χ4v) is 5.11. The topological polar surface area (TPSA) is 97.6 Å². The lowest BCUT2D eigenvalue weighted by Gasteiger charge is -2.07. The lowest BCUT2D eigenvalue weighted by Crippen LogP contribution is -2.15. The quantitative estimate of drug-likeness (QED) is 0.482.